The number of Topliss-reactive ketones (excluding diaryl/α,β-unsaturated/α-hetero) is 1. The van der Waals surface area contributed by atoms with Gasteiger partial charge in [0, 0.05) is 6.42 Å². The Labute approximate surface area is 142 Å². The fourth-order valence-electron chi connectivity index (χ4n) is 2.49. The summed E-state index contributed by atoms with van der Waals surface area (Å²) in [4.78, 5) is 23.1. The van der Waals surface area contributed by atoms with Gasteiger partial charge in [-0.05, 0) is 47.7 Å². The highest BCUT2D eigenvalue weighted by atomic mass is 16.5. The molecule has 0 aliphatic rings. The fourth-order valence-corrected chi connectivity index (χ4v) is 2.49. The molecule has 0 aromatic heterocycles. The van der Waals surface area contributed by atoms with Crippen molar-refractivity contribution in [3.63, 3.8) is 0 Å². The van der Waals surface area contributed by atoms with Gasteiger partial charge in [-0.1, -0.05) is 38.1 Å². The number of carboxylic acids is 1. The average molecular weight is 326 g/mol. The van der Waals surface area contributed by atoms with Gasteiger partial charge in [0.2, 0.25) is 0 Å². The van der Waals surface area contributed by atoms with Crippen LogP contribution in [0, 0.1) is 6.92 Å². The molecule has 0 radical (unpaired) electrons. The first-order valence-electron chi connectivity index (χ1n) is 7.94. The van der Waals surface area contributed by atoms with E-state index in [9.17, 15) is 9.59 Å². The molecule has 0 unspecified atom stereocenters. The van der Waals surface area contributed by atoms with Crippen LogP contribution in [-0.2, 0) is 11.2 Å². The summed E-state index contributed by atoms with van der Waals surface area (Å²) in [6, 6.07) is 12.4. The van der Waals surface area contributed by atoms with E-state index < -0.39 is 5.97 Å². The van der Waals surface area contributed by atoms with E-state index in [4.69, 9.17) is 9.84 Å². The van der Waals surface area contributed by atoms with Crippen LogP contribution >= 0.6 is 0 Å². The Hall–Kier alpha value is -2.62. The first-order valence-corrected chi connectivity index (χ1v) is 7.94. The van der Waals surface area contributed by atoms with E-state index in [0.29, 0.717) is 11.5 Å². The summed E-state index contributed by atoms with van der Waals surface area (Å²) in [6.45, 7) is 6.12. The predicted octanol–water partition coefficient (Wildman–Crippen LogP) is 4.01. The van der Waals surface area contributed by atoms with Crippen molar-refractivity contribution in [1.82, 2.24) is 0 Å². The monoisotopic (exact) mass is 326 g/mol. The molecule has 126 valence electrons. The number of ketones is 1. The molecule has 0 fully saturated rings. The maximum atomic E-state index is 12.2. The van der Waals surface area contributed by atoms with Crippen molar-refractivity contribution < 1.29 is 19.4 Å². The second-order valence-electron chi connectivity index (χ2n) is 6.21. The standard InChI is InChI=1S/C20H22O4/c1-13(2)18-8-7-14(3)9-19(18)24-12-17(21)11-15-5-4-6-16(10-15)20(22)23/h4-10,13H,11-12H2,1-3H3,(H,22,23). The van der Waals surface area contributed by atoms with Gasteiger partial charge in [0.15, 0.2) is 5.78 Å². The smallest absolute Gasteiger partial charge is 0.335 e. The molecule has 0 aliphatic heterocycles. The van der Waals surface area contributed by atoms with Gasteiger partial charge in [0.1, 0.15) is 12.4 Å². The van der Waals surface area contributed by atoms with Crippen LogP contribution in [0.15, 0.2) is 42.5 Å². The molecule has 0 spiro atoms. The van der Waals surface area contributed by atoms with Crippen LogP contribution in [0.5, 0.6) is 5.75 Å². The van der Waals surface area contributed by atoms with Gasteiger partial charge in [-0.15, -0.1) is 0 Å². The highest BCUT2D eigenvalue weighted by Crippen LogP contribution is 2.27. The Morgan fingerprint density at radius 2 is 1.88 bits per heavy atom. The zero-order chi connectivity index (χ0) is 17.7. The minimum Gasteiger partial charge on any atom is -0.486 e. The molecule has 4 nitrogen and oxygen atoms in total. The zero-order valence-corrected chi connectivity index (χ0v) is 14.2. The third kappa shape index (κ3) is 4.69. The molecule has 2 aromatic rings. The second kappa shape index (κ2) is 7.77. The maximum Gasteiger partial charge on any atom is 0.335 e. The van der Waals surface area contributed by atoms with E-state index in [1.807, 2.05) is 25.1 Å². The number of aromatic carboxylic acids is 1. The SMILES string of the molecule is Cc1ccc(C(C)C)c(OCC(=O)Cc2cccc(C(=O)O)c2)c1. The molecule has 2 aromatic carbocycles. The lowest BCUT2D eigenvalue weighted by Gasteiger charge is -2.14. The maximum absolute atomic E-state index is 12.2. The minimum atomic E-state index is -0.998. The number of hydrogen-bond acceptors (Lipinski definition) is 3. The molecule has 0 saturated carbocycles. The Morgan fingerprint density at radius 1 is 1.12 bits per heavy atom. The molecule has 0 saturated heterocycles. The number of aryl methyl sites for hydroxylation is 1. The van der Waals surface area contributed by atoms with Crippen molar-refractivity contribution in [2.45, 2.75) is 33.1 Å². The minimum absolute atomic E-state index is 0.0273. The molecule has 4 heteroatoms. The van der Waals surface area contributed by atoms with Crippen molar-refractivity contribution in [2.75, 3.05) is 6.61 Å². The number of carbonyl (C=O) groups excluding carboxylic acids is 1. The summed E-state index contributed by atoms with van der Waals surface area (Å²) in [5.74, 6) is -0.0452. The van der Waals surface area contributed by atoms with E-state index in [0.717, 1.165) is 16.9 Å². The van der Waals surface area contributed by atoms with E-state index in [2.05, 4.69) is 13.8 Å². The average Bonchev–Trinajstić information content (AvgIpc) is 2.53. The molecule has 0 atom stereocenters. The van der Waals surface area contributed by atoms with Crippen LogP contribution in [0.4, 0.5) is 0 Å². The van der Waals surface area contributed by atoms with E-state index >= 15 is 0 Å². The third-order valence-electron chi connectivity index (χ3n) is 3.75. The second-order valence-corrected chi connectivity index (χ2v) is 6.21. The van der Waals surface area contributed by atoms with Gasteiger partial charge in [-0.25, -0.2) is 4.79 Å². The molecule has 0 heterocycles. The molecule has 0 bridgehead atoms. The first kappa shape index (κ1) is 17.7. The number of carbonyl (C=O) groups is 2. The van der Waals surface area contributed by atoms with Crippen molar-refractivity contribution in [2.24, 2.45) is 0 Å². The van der Waals surface area contributed by atoms with Crippen molar-refractivity contribution in [3.8, 4) is 5.75 Å². The summed E-state index contributed by atoms with van der Waals surface area (Å²) in [5.41, 5.74) is 3.01. The molecular formula is C20H22O4. The summed E-state index contributed by atoms with van der Waals surface area (Å²) in [6.07, 6.45) is 0.157. The molecular weight excluding hydrogens is 304 g/mol. The lowest BCUT2D eigenvalue weighted by Crippen LogP contribution is -2.15. The van der Waals surface area contributed by atoms with E-state index in [1.165, 1.54) is 12.1 Å². The summed E-state index contributed by atoms with van der Waals surface area (Å²) >= 11 is 0. The fraction of sp³-hybridized carbons (Fsp3) is 0.300. The van der Waals surface area contributed by atoms with Crippen LogP contribution in [0.25, 0.3) is 0 Å². The van der Waals surface area contributed by atoms with Crippen LogP contribution in [0.2, 0.25) is 0 Å². The van der Waals surface area contributed by atoms with Crippen molar-refractivity contribution in [1.29, 1.82) is 0 Å². The largest absolute Gasteiger partial charge is 0.486 e. The summed E-state index contributed by atoms with van der Waals surface area (Å²) in [7, 11) is 0. The summed E-state index contributed by atoms with van der Waals surface area (Å²) in [5, 5.41) is 8.99. The van der Waals surface area contributed by atoms with Crippen LogP contribution in [0.3, 0.4) is 0 Å². The lowest BCUT2D eigenvalue weighted by molar-refractivity contribution is -0.120. The quantitative estimate of drug-likeness (QED) is 0.835. The Balaban J connectivity index is 2.02. The molecule has 1 N–H and O–H groups in total. The number of hydrogen-bond donors (Lipinski definition) is 1. The van der Waals surface area contributed by atoms with E-state index in [-0.39, 0.29) is 24.4 Å². The predicted molar refractivity (Wildman–Crippen MR) is 92.9 cm³/mol. The van der Waals surface area contributed by atoms with Gasteiger partial charge in [-0.3, -0.25) is 4.79 Å². The van der Waals surface area contributed by atoms with Crippen LogP contribution in [0.1, 0.15) is 46.8 Å². The third-order valence-corrected chi connectivity index (χ3v) is 3.75. The van der Waals surface area contributed by atoms with Gasteiger partial charge >= 0.3 is 5.97 Å². The molecule has 0 aliphatic carbocycles. The molecule has 0 amide bonds. The highest BCUT2D eigenvalue weighted by Gasteiger charge is 2.12. The van der Waals surface area contributed by atoms with E-state index in [1.54, 1.807) is 12.1 Å². The number of ether oxygens (including phenoxy) is 1. The van der Waals surface area contributed by atoms with Gasteiger partial charge in [0.25, 0.3) is 0 Å². The van der Waals surface area contributed by atoms with Crippen LogP contribution < -0.4 is 4.74 Å². The van der Waals surface area contributed by atoms with Crippen LogP contribution in [-0.4, -0.2) is 23.5 Å². The van der Waals surface area contributed by atoms with Gasteiger partial charge < -0.3 is 9.84 Å². The topological polar surface area (TPSA) is 63.6 Å². The van der Waals surface area contributed by atoms with Crippen molar-refractivity contribution in [3.05, 3.63) is 64.7 Å². The first-order chi connectivity index (χ1) is 11.4. The number of benzene rings is 2. The normalized spacial score (nSPS) is 10.7. The van der Waals surface area contributed by atoms with Gasteiger partial charge in [-0.2, -0.15) is 0 Å². The molecule has 2 rings (SSSR count). The number of rotatable bonds is 7. The molecule has 24 heavy (non-hydrogen) atoms. The Kier molecular flexibility index (Phi) is 5.74. The number of carboxylic acid groups (broad SMARTS) is 1. The van der Waals surface area contributed by atoms with Crippen molar-refractivity contribution >= 4 is 11.8 Å². The summed E-state index contributed by atoms with van der Waals surface area (Å²) < 4.78 is 5.73. The highest BCUT2D eigenvalue weighted by molar-refractivity contribution is 5.88. The lowest BCUT2D eigenvalue weighted by atomic mass is 10.0. The Morgan fingerprint density at radius 3 is 2.54 bits per heavy atom. The van der Waals surface area contributed by atoms with Gasteiger partial charge in [0.05, 0.1) is 5.56 Å². The zero-order valence-electron chi connectivity index (χ0n) is 14.2. The Bertz CT molecular complexity index is 747.